The van der Waals surface area contributed by atoms with Crippen molar-refractivity contribution >= 4 is 5.97 Å². The summed E-state index contributed by atoms with van der Waals surface area (Å²) in [6.45, 7) is 6.34. The van der Waals surface area contributed by atoms with Crippen molar-refractivity contribution < 1.29 is 66.4 Å². The summed E-state index contributed by atoms with van der Waals surface area (Å²) in [4.78, 5) is 10.3. The van der Waals surface area contributed by atoms with Gasteiger partial charge in [-0.15, -0.1) is 0 Å². The van der Waals surface area contributed by atoms with Crippen LogP contribution in [-0.2, 0) is 4.79 Å². The summed E-state index contributed by atoms with van der Waals surface area (Å²) >= 11 is 0. The van der Waals surface area contributed by atoms with Gasteiger partial charge >= 0.3 is 51.4 Å². The van der Waals surface area contributed by atoms with E-state index in [2.05, 4.69) is 13.8 Å². The fraction of sp³-hybridized carbons (Fsp3) is 0.917. The van der Waals surface area contributed by atoms with Crippen LogP contribution in [0, 0.1) is 5.92 Å². The molecular formula is C12H25KO3. The SMILES string of the molecule is CCCCC(CC)C(=O)[O-].CCCCO.[K+]. The van der Waals surface area contributed by atoms with Crippen LogP contribution in [0.1, 0.15) is 59.3 Å². The zero-order valence-electron chi connectivity index (χ0n) is 11.3. The Morgan fingerprint density at radius 1 is 1.19 bits per heavy atom. The Kier molecular flexibility index (Phi) is 25.6. The summed E-state index contributed by atoms with van der Waals surface area (Å²) in [6.07, 6.45) is 5.56. The number of aliphatic hydroxyl groups is 1. The summed E-state index contributed by atoms with van der Waals surface area (Å²) in [7, 11) is 0. The Balaban J connectivity index is -0.000000242. The molecule has 1 atom stereocenters. The molecule has 0 radical (unpaired) electrons. The number of aliphatic carboxylic acids is 1. The summed E-state index contributed by atoms with van der Waals surface area (Å²) < 4.78 is 0. The van der Waals surface area contributed by atoms with Crippen LogP contribution in [0.15, 0.2) is 0 Å². The van der Waals surface area contributed by atoms with Gasteiger partial charge in [0.2, 0.25) is 0 Å². The second-order valence-corrected chi connectivity index (χ2v) is 3.64. The average molecular weight is 256 g/mol. The average Bonchev–Trinajstić information content (AvgIpc) is 2.20. The maximum absolute atomic E-state index is 10.3. The maximum atomic E-state index is 10.3. The standard InChI is InChI=1S/C8H16O2.C4H10O.K/c1-3-5-6-7(4-2)8(9)10;1-2-3-4-5;/h7H,3-6H2,1-2H3,(H,9,10);5H,2-4H2,1H3;/q;;+1/p-1. The van der Waals surface area contributed by atoms with E-state index in [-0.39, 0.29) is 57.3 Å². The van der Waals surface area contributed by atoms with Gasteiger partial charge < -0.3 is 15.0 Å². The summed E-state index contributed by atoms with van der Waals surface area (Å²) in [5.41, 5.74) is 0. The zero-order chi connectivity index (χ0) is 12.1. The molecule has 0 aromatic rings. The number of hydrogen-bond acceptors (Lipinski definition) is 3. The molecule has 0 aliphatic heterocycles. The van der Waals surface area contributed by atoms with Crippen LogP contribution in [0.2, 0.25) is 0 Å². The van der Waals surface area contributed by atoms with E-state index in [0.717, 1.165) is 32.1 Å². The van der Waals surface area contributed by atoms with Crippen LogP contribution in [0.25, 0.3) is 0 Å². The van der Waals surface area contributed by atoms with Gasteiger partial charge in [-0.05, 0) is 25.2 Å². The van der Waals surface area contributed by atoms with Crippen molar-refractivity contribution in [3.05, 3.63) is 0 Å². The van der Waals surface area contributed by atoms with Crippen LogP contribution < -0.4 is 56.5 Å². The minimum Gasteiger partial charge on any atom is -0.550 e. The van der Waals surface area contributed by atoms with E-state index >= 15 is 0 Å². The van der Waals surface area contributed by atoms with Crippen molar-refractivity contribution in [2.45, 2.75) is 59.3 Å². The van der Waals surface area contributed by atoms with E-state index in [1.165, 1.54) is 0 Å². The predicted octanol–water partition coefficient (Wildman–Crippen LogP) is -1.26. The largest absolute Gasteiger partial charge is 1.00 e. The number of unbranched alkanes of at least 4 members (excludes halogenated alkanes) is 2. The Bertz CT molecular complexity index is 138. The molecule has 0 saturated heterocycles. The van der Waals surface area contributed by atoms with Gasteiger partial charge in [0.15, 0.2) is 0 Å². The first-order chi connectivity index (χ1) is 7.13. The second kappa shape index (κ2) is 18.4. The molecule has 1 N–H and O–H groups in total. The molecule has 0 amide bonds. The molecule has 0 rings (SSSR count). The molecule has 4 heteroatoms. The van der Waals surface area contributed by atoms with Crippen LogP contribution in [-0.4, -0.2) is 17.7 Å². The maximum Gasteiger partial charge on any atom is 1.00 e. The van der Waals surface area contributed by atoms with Gasteiger partial charge in [-0.25, -0.2) is 0 Å². The van der Waals surface area contributed by atoms with Crippen molar-refractivity contribution in [1.29, 1.82) is 0 Å². The molecule has 0 aliphatic rings. The summed E-state index contributed by atoms with van der Waals surface area (Å²) in [5.74, 6) is -1.11. The molecule has 16 heavy (non-hydrogen) atoms. The smallest absolute Gasteiger partial charge is 0.550 e. The third-order valence-corrected chi connectivity index (χ3v) is 2.24. The number of carboxylic acids is 1. The topological polar surface area (TPSA) is 60.4 Å². The summed E-state index contributed by atoms with van der Waals surface area (Å²) in [6, 6.07) is 0. The predicted molar refractivity (Wildman–Crippen MR) is 60.3 cm³/mol. The Labute approximate surface area is 142 Å². The number of carboxylic acid groups (broad SMARTS) is 1. The van der Waals surface area contributed by atoms with Crippen molar-refractivity contribution in [1.82, 2.24) is 0 Å². The third kappa shape index (κ3) is 17.5. The van der Waals surface area contributed by atoms with E-state index in [1.54, 1.807) is 0 Å². The molecule has 0 aliphatic carbocycles. The monoisotopic (exact) mass is 256 g/mol. The van der Waals surface area contributed by atoms with E-state index in [1.807, 2.05) is 6.92 Å². The molecule has 0 fully saturated rings. The molecule has 0 bridgehead atoms. The zero-order valence-corrected chi connectivity index (χ0v) is 14.4. The van der Waals surface area contributed by atoms with E-state index < -0.39 is 5.97 Å². The molecule has 0 aromatic carbocycles. The molecule has 0 saturated carbocycles. The van der Waals surface area contributed by atoms with Gasteiger partial charge in [0.25, 0.3) is 0 Å². The van der Waals surface area contributed by atoms with Crippen LogP contribution in [0.5, 0.6) is 0 Å². The van der Waals surface area contributed by atoms with E-state index in [4.69, 9.17) is 5.11 Å². The molecule has 92 valence electrons. The quantitative estimate of drug-likeness (QED) is 0.578. The first-order valence-corrected chi connectivity index (χ1v) is 5.95. The first-order valence-electron chi connectivity index (χ1n) is 5.95. The second-order valence-electron chi connectivity index (χ2n) is 3.64. The van der Waals surface area contributed by atoms with Crippen molar-refractivity contribution in [3.63, 3.8) is 0 Å². The fourth-order valence-corrected chi connectivity index (χ4v) is 1.10. The van der Waals surface area contributed by atoms with Gasteiger partial charge in [0.1, 0.15) is 0 Å². The number of carbonyl (C=O) groups is 1. The molecule has 0 aromatic heterocycles. The normalized spacial score (nSPS) is 10.8. The van der Waals surface area contributed by atoms with Crippen molar-refractivity contribution in [2.24, 2.45) is 5.92 Å². The van der Waals surface area contributed by atoms with Gasteiger partial charge in [0.05, 0.1) is 0 Å². The molecular weight excluding hydrogens is 231 g/mol. The van der Waals surface area contributed by atoms with Gasteiger partial charge in [-0.2, -0.15) is 0 Å². The molecule has 0 spiro atoms. The number of hydrogen-bond donors (Lipinski definition) is 1. The molecule has 1 unspecified atom stereocenters. The van der Waals surface area contributed by atoms with Crippen LogP contribution in [0.3, 0.4) is 0 Å². The Morgan fingerprint density at radius 3 is 1.88 bits per heavy atom. The minimum absolute atomic E-state index is 0. The molecule has 0 heterocycles. The van der Waals surface area contributed by atoms with E-state index in [9.17, 15) is 9.90 Å². The van der Waals surface area contributed by atoms with Gasteiger partial charge in [-0.3, -0.25) is 0 Å². The Morgan fingerprint density at radius 2 is 1.69 bits per heavy atom. The van der Waals surface area contributed by atoms with Gasteiger partial charge in [0, 0.05) is 12.6 Å². The fourth-order valence-electron chi connectivity index (χ4n) is 1.10. The van der Waals surface area contributed by atoms with Crippen molar-refractivity contribution in [2.75, 3.05) is 6.61 Å². The van der Waals surface area contributed by atoms with E-state index in [0.29, 0.717) is 13.0 Å². The number of carbonyl (C=O) groups excluding carboxylic acids is 1. The third-order valence-electron chi connectivity index (χ3n) is 2.24. The van der Waals surface area contributed by atoms with Gasteiger partial charge in [-0.1, -0.05) is 40.0 Å². The number of rotatable bonds is 7. The van der Waals surface area contributed by atoms with Crippen molar-refractivity contribution in [3.8, 4) is 0 Å². The number of aliphatic hydroxyl groups excluding tert-OH is 1. The van der Waals surface area contributed by atoms with Crippen LogP contribution >= 0.6 is 0 Å². The minimum atomic E-state index is -0.893. The summed E-state index contributed by atoms with van der Waals surface area (Å²) in [5, 5.41) is 18.4. The first kappa shape index (κ1) is 22.3. The molecule has 3 nitrogen and oxygen atoms in total. The van der Waals surface area contributed by atoms with Crippen LogP contribution in [0.4, 0.5) is 0 Å². The Hall–Kier alpha value is 1.07.